The zero-order valence-electron chi connectivity index (χ0n) is 15.4. The van der Waals surface area contributed by atoms with Crippen LogP contribution in [0.4, 0.5) is 17.1 Å². The van der Waals surface area contributed by atoms with Gasteiger partial charge in [0.2, 0.25) is 0 Å². The summed E-state index contributed by atoms with van der Waals surface area (Å²) in [5.41, 5.74) is 2.79. The van der Waals surface area contributed by atoms with Gasteiger partial charge in [-0.3, -0.25) is 9.78 Å². The lowest BCUT2D eigenvalue weighted by Crippen LogP contribution is -2.13. The number of carbonyl (C=O) groups excluding carboxylic acids is 2. The van der Waals surface area contributed by atoms with Crippen molar-refractivity contribution >= 4 is 28.9 Å². The minimum absolute atomic E-state index is 0.263. The van der Waals surface area contributed by atoms with Crippen LogP contribution in [0.5, 0.6) is 5.75 Å². The van der Waals surface area contributed by atoms with E-state index in [-0.39, 0.29) is 11.6 Å². The predicted octanol–water partition coefficient (Wildman–Crippen LogP) is 3.87. The maximum atomic E-state index is 12.5. The largest absolute Gasteiger partial charge is 0.497 e. The molecule has 142 valence electrons. The summed E-state index contributed by atoms with van der Waals surface area (Å²) in [6, 6.07) is 17.3. The van der Waals surface area contributed by atoms with E-state index in [9.17, 15) is 9.59 Å². The minimum Gasteiger partial charge on any atom is -0.497 e. The third-order valence-electron chi connectivity index (χ3n) is 3.91. The van der Waals surface area contributed by atoms with E-state index < -0.39 is 5.97 Å². The van der Waals surface area contributed by atoms with E-state index in [1.165, 1.54) is 7.11 Å². The van der Waals surface area contributed by atoms with Crippen molar-refractivity contribution in [3.63, 3.8) is 0 Å². The van der Waals surface area contributed by atoms with Gasteiger partial charge in [-0.2, -0.15) is 0 Å². The Morgan fingerprint density at radius 1 is 0.893 bits per heavy atom. The summed E-state index contributed by atoms with van der Waals surface area (Å²) in [6.45, 7) is 0. The zero-order chi connectivity index (χ0) is 19.9. The molecule has 0 aliphatic carbocycles. The number of nitrogens with one attached hydrogen (secondary N) is 2. The Morgan fingerprint density at radius 3 is 2.39 bits per heavy atom. The summed E-state index contributed by atoms with van der Waals surface area (Å²) in [4.78, 5) is 28.1. The molecule has 0 bridgehead atoms. The van der Waals surface area contributed by atoms with Crippen LogP contribution in [-0.4, -0.2) is 31.1 Å². The van der Waals surface area contributed by atoms with Crippen LogP contribution < -0.4 is 15.4 Å². The Labute approximate surface area is 162 Å². The average Bonchev–Trinajstić information content (AvgIpc) is 2.74. The van der Waals surface area contributed by atoms with Gasteiger partial charge in [-0.1, -0.05) is 6.07 Å². The smallest absolute Gasteiger partial charge is 0.337 e. The summed E-state index contributed by atoms with van der Waals surface area (Å²) in [5.74, 6) is -0.0820. The Balaban J connectivity index is 1.71. The summed E-state index contributed by atoms with van der Waals surface area (Å²) in [7, 11) is 2.90. The molecule has 0 radical (unpaired) electrons. The molecular formula is C21H19N3O4. The van der Waals surface area contributed by atoms with Gasteiger partial charge in [-0.15, -0.1) is 0 Å². The first-order valence-electron chi connectivity index (χ1n) is 8.46. The van der Waals surface area contributed by atoms with Gasteiger partial charge in [0.15, 0.2) is 0 Å². The fraction of sp³-hybridized carbons (Fsp3) is 0.0952. The van der Waals surface area contributed by atoms with Crippen LogP contribution in [0.2, 0.25) is 0 Å². The lowest BCUT2D eigenvalue weighted by molar-refractivity contribution is 0.0600. The molecule has 1 heterocycles. The Morgan fingerprint density at radius 2 is 1.68 bits per heavy atom. The van der Waals surface area contributed by atoms with Crippen LogP contribution in [0, 0.1) is 0 Å². The van der Waals surface area contributed by atoms with E-state index in [0.29, 0.717) is 22.7 Å². The summed E-state index contributed by atoms with van der Waals surface area (Å²) in [5, 5.41) is 5.96. The van der Waals surface area contributed by atoms with Crippen molar-refractivity contribution in [3.05, 3.63) is 78.1 Å². The van der Waals surface area contributed by atoms with Crippen molar-refractivity contribution in [2.24, 2.45) is 0 Å². The second-order valence-electron chi connectivity index (χ2n) is 5.81. The number of aromatic nitrogens is 1. The van der Waals surface area contributed by atoms with Gasteiger partial charge in [-0.25, -0.2) is 4.79 Å². The molecule has 7 nitrogen and oxygen atoms in total. The van der Waals surface area contributed by atoms with Crippen LogP contribution in [0.3, 0.4) is 0 Å². The highest BCUT2D eigenvalue weighted by Crippen LogP contribution is 2.20. The van der Waals surface area contributed by atoms with Crippen molar-refractivity contribution in [2.45, 2.75) is 0 Å². The lowest BCUT2D eigenvalue weighted by Gasteiger charge is -2.09. The fourth-order valence-electron chi connectivity index (χ4n) is 2.50. The third kappa shape index (κ3) is 4.64. The number of hydrogen-bond acceptors (Lipinski definition) is 6. The third-order valence-corrected chi connectivity index (χ3v) is 3.91. The molecule has 0 saturated carbocycles. The second-order valence-corrected chi connectivity index (χ2v) is 5.81. The summed E-state index contributed by atoms with van der Waals surface area (Å²) >= 11 is 0. The average molecular weight is 377 g/mol. The molecule has 2 N–H and O–H groups in total. The number of benzene rings is 2. The molecular weight excluding hydrogens is 358 g/mol. The van der Waals surface area contributed by atoms with Crippen LogP contribution >= 0.6 is 0 Å². The number of anilines is 3. The predicted molar refractivity (Wildman–Crippen MR) is 106 cm³/mol. The topological polar surface area (TPSA) is 89.5 Å². The molecule has 0 spiro atoms. The van der Waals surface area contributed by atoms with Crippen molar-refractivity contribution in [3.8, 4) is 5.75 Å². The van der Waals surface area contributed by atoms with Gasteiger partial charge >= 0.3 is 5.97 Å². The first-order chi connectivity index (χ1) is 13.6. The van der Waals surface area contributed by atoms with E-state index in [4.69, 9.17) is 4.74 Å². The van der Waals surface area contributed by atoms with E-state index >= 15 is 0 Å². The van der Waals surface area contributed by atoms with Crippen molar-refractivity contribution in [1.29, 1.82) is 0 Å². The van der Waals surface area contributed by atoms with Gasteiger partial charge in [0, 0.05) is 29.3 Å². The molecule has 1 aromatic heterocycles. The molecule has 3 rings (SSSR count). The van der Waals surface area contributed by atoms with E-state index in [1.807, 2.05) is 0 Å². The minimum atomic E-state index is -0.396. The molecule has 1 amide bonds. The van der Waals surface area contributed by atoms with Gasteiger partial charge in [0.1, 0.15) is 11.4 Å². The van der Waals surface area contributed by atoms with E-state index in [1.54, 1.807) is 74.0 Å². The number of carbonyl (C=O) groups is 2. The maximum absolute atomic E-state index is 12.5. The van der Waals surface area contributed by atoms with Crippen LogP contribution in [0.15, 0.2) is 66.9 Å². The number of nitrogens with zero attached hydrogens (tertiary/aromatic N) is 1. The highest BCUT2D eigenvalue weighted by molar-refractivity contribution is 6.03. The number of hydrogen-bond donors (Lipinski definition) is 2. The molecule has 2 aromatic carbocycles. The number of pyridine rings is 1. The van der Waals surface area contributed by atoms with Crippen LogP contribution in [0.25, 0.3) is 0 Å². The molecule has 7 heteroatoms. The van der Waals surface area contributed by atoms with Gasteiger partial charge in [-0.05, 0) is 48.5 Å². The Bertz CT molecular complexity index is 987. The molecule has 0 aliphatic heterocycles. The number of rotatable bonds is 6. The first-order valence-corrected chi connectivity index (χ1v) is 8.46. The van der Waals surface area contributed by atoms with Crippen LogP contribution in [-0.2, 0) is 4.74 Å². The second kappa shape index (κ2) is 8.68. The number of amides is 1. The molecule has 0 aliphatic rings. The van der Waals surface area contributed by atoms with Crippen molar-refractivity contribution < 1.29 is 19.1 Å². The quantitative estimate of drug-likeness (QED) is 0.634. The maximum Gasteiger partial charge on any atom is 0.337 e. The SMILES string of the molecule is COC(=O)c1ccc(Nc2ccnc(C(=O)Nc3cccc(OC)c3)c2)cc1. The van der Waals surface area contributed by atoms with E-state index in [0.717, 1.165) is 5.69 Å². The molecule has 3 aromatic rings. The monoisotopic (exact) mass is 377 g/mol. The number of methoxy groups -OCH3 is 2. The van der Waals surface area contributed by atoms with Gasteiger partial charge in [0.25, 0.3) is 5.91 Å². The van der Waals surface area contributed by atoms with Gasteiger partial charge in [0.05, 0.1) is 19.8 Å². The molecule has 28 heavy (non-hydrogen) atoms. The fourth-order valence-corrected chi connectivity index (χ4v) is 2.50. The number of ether oxygens (including phenoxy) is 2. The standard InChI is InChI=1S/C21H19N3O4/c1-27-18-5-3-4-16(12-18)24-20(25)19-13-17(10-11-22-19)23-15-8-6-14(7-9-15)21(26)28-2/h3-13H,1-2H3,(H,22,23)(H,24,25). The molecule has 0 atom stereocenters. The van der Waals surface area contributed by atoms with Crippen molar-refractivity contribution in [1.82, 2.24) is 4.98 Å². The summed E-state index contributed by atoms with van der Waals surface area (Å²) < 4.78 is 9.83. The van der Waals surface area contributed by atoms with E-state index in [2.05, 4.69) is 20.4 Å². The molecule has 0 saturated heterocycles. The normalized spacial score (nSPS) is 10.1. The zero-order valence-corrected chi connectivity index (χ0v) is 15.4. The van der Waals surface area contributed by atoms with Crippen LogP contribution in [0.1, 0.15) is 20.8 Å². The number of esters is 1. The lowest BCUT2D eigenvalue weighted by atomic mass is 10.2. The molecule has 0 fully saturated rings. The highest BCUT2D eigenvalue weighted by atomic mass is 16.5. The summed E-state index contributed by atoms with van der Waals surface area (Å²) in [6.07, 6.45) is 1.55. The first kappa shape index (κ1) is 18.9. The van der Waals surface area contributed by atoms with Crippen molar-refractivity contribution in [2.75, 3.05) is 24.9 Å². The Kier molecular flexibility index (Phi) is 5.86. The highest BCUT2D eigenvalue weighted by Gasteiger charge is 2.10. The van der Waals surface area contributed by atoms with Gasteiger partial charge < -0.3 is 20.1 Å². The Hall–Kier alpha value is -3.87. The molecule has 0 unspecified atom stereocenters.